The Hall–Kier alpha value is -1.64. The summed E-state index contributed by atoms with van der Waals surface area (Å²) in [5.74, 6) is 2.58. The molecule has 3 nitrogen and oxygen atoms in total. The lowest BCUT2D eigenvalue weighted by molar-refractivity contribution is -0.00570. The number of H-pyrrole nitrogens is 1. The molecule has 0 radical (unpaired) electrons. The first kappa shape index (κ1) is 12.9. The van der Waals surface area contributed by atoms with E-state index in [0.717, 1.165) is 40.0 Å². The van der Waals surface area contributed by atoms with Crippen molar-refractivity contribution >= 4 is 11.0 Å². The van der Waals surface area contributed by atoms with Gasteiger partial charge >= 0.3 is 0 Å². The van der Waals surface area contributed by atoms with Crippen LogP contribution in [0.3, 0.4) is 0 Å². The van der Waals surface area contributed by atoms with E-state index < -0.39 is 0 Å². The minimum atomic E-state index is 0.154. The number of fused-ring (bicyclic) bond motifs is 1. The van der Waals surface area contributed by atoms with Crippen molar-refractivity contribution in [3.63, 3.8) is 0 Å². The molecule has 3 heteroatoms. The number of hydrogen-bond acceptors (Lipinski definition) is 2. The van der Waals surface area contributed by atoms with Crippen LogP contribution >= 0.6 is 0 Å². The zero-order valence-corrected chi connectivity index (χ0v) is 13.1. The summed E-state index contributed by atoms with van der Waals surface area (Å²) in [6, 6.07) is 3.89. The molecule has 0 aromatic carbocycles. The predicted molar refractivity (Wildman–Crippen MR) is 87.0 cm³/mol. The number of aryl methyl sites for hydroxylation is 1. The van der Waals surface area contributed by atoms with E-state index in [-0.39, 0.29) is 10.8 Å². The van der Waals surface area contributed by atoms with Crippen molar-refractivity contribution in [3.8, 4) is 0 Å². The molecule has 0 atom stereocenters. The second-order valence-corrected chi connectivity index (χ2v) is 8.08. The maximum absolute atomic E-state index is 13.1. The van der Waals surface area contributed by atoms with Gasteiger partial charge in [0, 0.05) is 22.9 Å². The SMILES string of the molecule is Cc1ccc2c(=O)c(C34CC5CC(CC(C5)C3)C4)c[nH]c2n1. The Morgan fingerprint density at radius 1 is 1.09 bits per heavy atom. The Morgan fingerprint density at radius 3 is 2.36 bits per heavy atom. The summed E-state index contributed by atoms with van der Waals surface area (Å²) < 4.78 is 0. The maximum Gasteiger partial charge on any atom is 0.194 e. The molecule has 0 aliphatic heterocycles. The van der Waals surface area contributed by atoms with Crippen LogP contribution in [0, 0.1) is 24.7 Å². The van der Waals surface area contributed by atoms with Gasteiger partial charge in [-0.3, -0.25) is 4.79 Å². The van der Waals surface area contributed by atoms with E-state index in [0.29, 0.717) is 0 Å². The predicted octanol–water partition coefficient (Wildman–Crippen LogP) is 3.70. The number of nitrogens with zero attached hydrogens (tertiary/aromatic N) is 1. The summed E-state index contributed by atoms with van der Waals surface area (Å²) >= 11 is 0. The van der Waals surface area contributed by atoms with Gasteiger partial charge in [-0.25, -0.2) is 4.98 Å². The molecule has 4 aliphatic rings. The third-order valence-corrected chi connectivity index (χ3v) is 6.49. The van der Waals surface area contributed by atoms with Crippen molar-refractivity contribution in [2.24, 2.45) is 17.8 Å². The Labute approximate surface area is 130 Å². The summed E-state index contributed by atoms with van der Waals surface area (Å²) in [7, 11) is 0. The van der Waals surface area contributed by atoms with E-state index in [1.54, 1.807) is 0 Å². The largest absolute Gasteiger partial charge is 0.346 e. The van der Waals surface area contributed by atoms with Crippen LogP contribution in [0.4, 0.5) is 0 Å². The first-order chi connectivity index (χ1) is 10.6. The zero-order chi connectivity index (χ0) is 14.9. The minimum absolute atomic E-state index is 0.154. The van der Waals surface area contributed by atoms with Crippen molar-refractivity contribution in [1.29, 1.82) is 0 Å². The Bertz CT molecular complexity index is 785. The fraction of sp³-hybridized carbons (Fsp3) is 0.579. The number of nitrogens with one attached hydrogen (secondary N) is 1. The highest BCUT2D eigenvalue weighted by Gasteiger charge is 2.52. The third kappa shape index (κ3) is 1.68. The van der Waals surface area contributed by atoms with Crippen LogP contribution < -0.4 is 5.43 Å². The highest BCUT2D eigenvalue weighted by molar-refractivity contribution is 5.75. The molecular weight excluding hydrogens is 272 g/mol. The molecule has 6 rings (SSSR count). The number of aromatic amines is 1. The van der Waals surface area contributed by atoms with E-state index in [1.807, 2.05) is 25.3 Å². The summed E-state index contributed by atoms with van der Waals surface area (Å²) in [6.07, 6.45) is 9.90. The van der Waals surface area contributed by atoms with Crippen LogP contribution in [0.2, 0.25) is 0 Å². The van der Waals surface area contributed by atoms with Crippen LogP contribution in [0.15, 0.2) is 23.1 Å². The van der Waals surface area contributed by atoms with Crippen molar-refractivity contribution in [2.75, 3.05) is 0 Å². The maximum atomic E-state index is 13.1. The standard InChI is InChI=1S/C19H22N2O/c1-11-2-3-15-17(22)16(10-20-18(15)21-11)19-7-12-4-13(8-19)6-14(5-12)9-19/h2-3,10,12-14H,4-9H2,1H3,(H,20,21,22). The summed E-state index contributed by atoms with van der Waals surface area (Å²) in [5.41, 5.74) is 3.11. The summed E-state index contributed by atoms with van der Waals surface area (Å²) in [4.78, 5) is 20.9. The quantitative estimate of drug-likeness (QED) is 0.871. The van der Waals surface area contributed by atoms with Gasteiger partial charge in [0.15, 0.2) is 5.43 Å². The van der Waals surface area contributed by atoms with E-state index in [9.17, 15) is 4.79 Å². The van der Waals surface area contributed by atoms with Gasteiger partial charge in [0.25, 0.3) is 0 Å². The molecule has 4 bridgehead atoms. The molecular formula is C19H22N2O. The van der Waals surface area contributed by atoms with Crippen molar-refractivity contribution in [3.05, 3.63) is 39.8 Å². The monoisotopic (exact) mass is 294 g/mol. The van der Waals surface area contributed by atoms with Crippen LogP contribution in [0.1, 0.15) is 49.8 Å². The summed E-state index contributed by atoms with van der Waals surface area (Å²) in [6.45, 7) is 1.96. The molecule has 4 saturated carbocycles. The van der Waals surface area contributed by atoms with Gasteiger partial charge in [0.05, 0.1) is 5.39 Å². The van der Waals surface area contributed by atoms with Gasteiger partial charge < -0.3 is 4.98 Å². The van der Waals surface area contributed by atoms with E-state index in [4.69, 9.17) is 0 Å². The average molecular weight is 294 g/mol. The van der Waals surface area contributed by atoms with Crippen LogP contribution in [0.25, 0.3) is 11.0 Å². The molecule has 114 valence electrons. The molecule has 2 aromatic rings. The van der Waals surface area contributed by atoms with Crippen LogP contribution in [0.5, 0.6) is 0 Å². The number of pyridine rings is 2. The first-order valence-corrected chi connectivity index (χ1v) is 8.62. The van der Waals surface area contributed by atoms with Gasteiger partial charge in [0.2, 0.25) is 0 Å². The zero-order valence-electron chi connectivity index (χ0n) is 13.1. The second kappa shape index (κ2) is 4.21. The second-order valence-electron chi connectivity index (χ2n) is 8.08. The first-order valence-electron chi connectivity index (χ1n) is 8.62. The highest BCUT2D eigenvalue weighted by atomic mass is 16.1. The lowest BCUT2D eigenvalue weighted by Gasteiger charge is -2.56. The van der Waals surface area contributed by atoms with Crippen molar-refractivity contribution in [1.82, 2.24) is 9.97 Å². The molecule has 4 fully saturated rings. The van der Waals surface area contributed by atoms with Crippen molar-refractivity contribution in [2.45, 2.75) is 50.9 Å². The smallest absolute Gasteiger partial charge is 0.194 e. The Balaban J connectivity index is 1.69. The minimum Gasteiger partial charge on any atom is -0.346 e. The molecule has 0 spiro atoms. The molecule has 2 heterocycles. The molecule has 1 N–H and O–H groups in total. The Morgan fingerprint density at radius 2 is 1.73 bits per heavy atom. The Kier molecular flexibility index (Phi) is 2.46. The van der Waals surface area contributed by atoms with Gasteiger partial charge in [0.1, 0.15) is 5.65 Å². The summed E-state index contributed by atoms with van der Waals surface area (Å²) in [5, 5.41) is 0.763. The van der Waals surface area contributed by atoms with E-state index in [2.05, 4.69) is 9.97 Å². The third-order valence-electron chi connectivity index (χ3n) is 6.49. The fourth-order valence-electron chi connectivity index (χ4n) is 6.04. The average Bonchev–Trinajstić information content (AvgIpc) is 2.45. The normalized spacial score (nSPS) is 36.1. The molecule has 0 saturated heterocycles. The van der Waals surface area contributed by atoms with Crippen LogP contribution in [-0.2, 0) is 5.41 Å². The molecule has 0 amide bonds. The fourth-order valence-corrected chi connectivity index (χ4v) is 6.04. The molecule has 2 aromatic heterocycles. The van der Waals surface area contributed by atoms with Crippen molar-refractivity contribution < 1.29 is 0 Å². The van der Waals surface area contributed by atoms with Gasteiger partial charge in [-0.2, -0.15) is 0 Å². The highest BCUT2D eigenvalue weighted by Crippen LogP contribution is 2.60. The lowest BCUT2D eigenvalue weighted by atomic mass is 9.48. The van der Waals surface area contributed by atoms with Crippen LogP contribution in [-0.4, -0.2) is 9.97 Å². The number of aromatic nitrogens is 2. The van der Waals surface area contributed by atoms with E-state index >= 15 is 0 Å². The number of rotatable bonds is 1. The molecule has 0 unspecified atom stereocenters. The van der Waals surface area contributed by atoms with Gasteiger partial charge in [-0.05, 0) is 75.3 Å². The topological polar surface area (TPSA) is 45.8 Å². The number of hydrogen-bond donors (Lipinski definition) is 1. The van der Waals surface area contributed by atoms with Gasteiger partial charge in [-0.1, -0.05) is 0 Å². The van der Waals surface area contributed by atoms with E-state index in [1.165, 1.54) is 38.5 Å². The van der Waals surface area contributed by atoms with Gasteiger partial charge in [-0.15, -0.1) is 0 Å². The molecule has 4 aliphatic carbocycles. The molecule has 22 heavy (non-hydrogen) atoms. The lowest BCUT2D eigenvalue weighted by Crippen LogP contribution is -2.50.